The largest absolute Gasteiger partial charge is 0.486 e. The van der Waals surface area contributed by atoms with E-state index < -0.39 is 5.60 Å². The van der Waals surface area contributed by atoms with E-state index in [2.05, 4.69) is 20.5 Å². The van der Waals surface area contributed by atoms with Crippen molar-refractivity contribution in [1.29, 1.82) is 0 Å². The number of benzene rings is 1. The molecular formula is C28H33ClN6O4. The van der Waals surface area contributed by atoms with Crippen molar-refractivity contribution in [3.8, 4) is 5.75 Å². The number of aryl methyl sites for hydroxylation is 1. The molecule has 0 radical (unpaired) electrons. The number of morpholine rings is 1. The van der Waals surface area contributed by atoms with Gasteiger partial charge in [0.25, 0.3) is 5.56 Å². The molecule has 0 spiro atoms. The molecule has 1 aliphatic carbocycles. The van der Waals surface area contributed by atoms with Gasteiger partial charge in [0, 0.05) is 30.6 Å². The molecule has 3 atom stereocenters. The molecule has 2 bridgehead atoms. The van der Waals surface area contributed by atoms with Gasteiger partial charge in [-0.3, -0.25) is 4.79 Å². The van der Waals surface area contributed by atoms with Crippen molar-refractivity contribution in [2.45, 2.75) is 62.8 Å². The number of anilines is 4. The Balaban J connectivity index is 1.24. The maximum absolute atomic E-state index is 13.1. The molecule has 10 nitrogen and oxygen atoms in total. The highest BCUT2D eigenvalue weighted by molar-refractivity contribution is 6.33. The number of fused-ring (bicyclic) bond motifs is 5. The van der Waals surface area contributed by atoms with Gasteiger partial charge in [-0.15, -0.1) is 0 Å². The van der Waals surface area contributed by atoms with Crippen LogP contribution in [0.4, 0.5) is 23.1 Å². The third kappa shape index (κ3) is 4.48. The van der Waals surface area contributed by atoms with Crippen molar-refractivity contribution in [1.82, 2.24) is 14.5 Å². The van der Waals surface area contributed by atoms with Gasteiger partial charge in [-0.1, -0.05) is 11.6 Å². The Bertz CT molecular complexity index is 1490. The van der Waals surface area contributed by atoms with Crippen molar-refractivity contribution < 1.29 is 14.6 Å². The standard InChI is InChI=1S/C28H33ClN6O4/c1-28(37)10-17-13-38-14-18(11-28)35(17)27-30-12-20(29)25(33-27)31-16-5-6-22-19(9-16)23-24(26(36)34(22)2)39-8-7-21(32-23)15-3-4-15/h5-6,9,12,15,17-18,21,32,37H,3-4,7-8,10-11,13-14H2,1-2H3,(H,30,31,33). The Morgan fingerprint density at radius 2 is 1.97 bits per heavy atom. The molecule has 3 N–H and O–H groups in total. The Morgan fingerprint density at radius 1 is 1.21 bits per heavy atom. The van der Waals surface area contributed by atoms with E-state index in [1.165, 1.54) is 12.8 Å². The SMILES string of the molecule is Cn1c(=O)c2c(c3cc(Nc4nc(N5C6COCC5CC(C)(O)C6)ncc4Cl)ccc31)NC(C1CC1)CCO2. The van der Waals surface area contributed by atoms with Gasteiger partial charge in [-0.2, -0.15) is 4.98 Å². The molecule has 5 heterocycles. The summed E-state index contributed by atoms with van der Waals surface area (Å²) in [5, 5.41) is 19.1. The molecular weight excluding hydrogens is 520 g/mol. The van der Waals surface area contributed by atoms with Crippen LogP contribution in [0.2, 0.25) is 5.02 Å². The Morgan fingerprint density at radius 3 is 2.72 bits per heavy atom. The number of aromatic nitrogens is 3. The molecule has 3 fully saturated rings. The number of nitrogens with one attached hydrogen (secondary N) is 2. The highest BCUT2D eigenvalue weighted by atomic mass is 35.5. The Hall–Kier alpha value is -3.08. The number of halogens is 1. The number of ether oxygens (including phenoxy) is 2. The van der Waals surface area contributed by atoms with Crippen LogP contribution < -0.4 is 25.8 Å². The summed E-state index contributed by atoms with van der Waals surface area (Å²) in [7, 11) is 1.77. The van der Waals surface area contributed by atoms with Crippen molar-refractivity contribution >= 4 is 45.6 Å². The van der Waals surface area contributed by atoms with Crippen molar-refractivity contribution in [2.24, 2.45) is 13.0 Å². The lowest BCUT2D eigenvalue weighted by atomic mass is 9.83. The van der Waals surface area contributed by atoms with E-state index in [1.807, 2.05) is 25.1 Å². The molecule has 11 heteroatoms. The molecule has 2 saturated heterocycles. The van der Waals surface area contributed by atoms with Crippen molar-refractivity contribution in [2.75, 3.05) is 35.4 Å². The number of aliphatic hydroxyl groups is 1. The summed E-state index contributed by atoms with van der Waals surface area (Å²) in [6.07, 6.45) is 6.08. The minimum Gasteiger partial charge on any atom is -0.486 e. The van der Waals surface area contributed by atoms with E-state index >= 15 is 0 Å². The van der Waals surface area contributed by atoms with Gasteiger partial charge in [0.05, 0.1) is 54.9 Å². The fourth-order valence-corrected chi connectivity index (χ4v) is 6.66. The zero-order chi connectivity index (χ0) is 26.9. The second-order valence-corrected chi connectivity index (χ2v) is 12.1. The molecule has 206 valence electrons. The minimum absolute atomic E-state index is 0.00979. The minimum atomic E-state index is -0.734. The topological polar surface area (TPSA) is 114 Å². The quantitative estimate of drug-likeness (QED) is 0.444. The van der Waals surface area contributed by atoms with E-state index in [1.54, 1.807) is 17.8 Å². The third-order valence-corrected chi connectivity index (χ3v) is 8.81. The molecule has 3 unspecified atom stereocenters. The highest BCUT2D eigenvalue weighted by Crippen LogP contribution is 2.42. The first-order valence-electron chi connectivity index (χ1n) is 13.7. The summed E-state index contributed by atoms with van der Waals surface area (Å²) < 4.78 is 13.4. The fourth-order valence-electron chi connectivity index (χ4n) is 6.52. The molecule has 1 saturated carbocycles. The number of rotatable bonds is 4. The highest BCUT2D eigenvalue weighted by Gasteiger charge is 2.45. The average Bonchev–Trinajstić information content (AvgIpc) is 3.74. The normalized spacial score (nSPS) is 28.3. The predicted octanol–water partition coefficient (Wildman–Crippen LogP) is 3.82. The second-order valence-electron chi connectivity index (χ2n) is 11.7. The van der Waals surface area contributed by atoms with Crippen LogP contribution in [0.15, 0.2) is 29.2 Å². The van der Waals surface area contributed by atoms with E-state index in [4.69, 9.17) is 26.1 Å². The molecule has 1 aromatic carbocycles. The van der Waals surface area contributed by atoms with Gasteiger partial charge in [0.15, 0.2) is 5.82 Å². The zero-order valence-corrected chi connectivity index (χ0v) is 22.9. The molecule has 3 aromatic rings. The molecule has 39 heavy (non-hydrogen) atoms. The molecule has 0 amide bonds. The van der Waals surface area contributed by atoms with Crippen LogP contribution in [0.1, 0.15) is 39.0 Å². The number of nitrogens with zero attached hydrogens (tertiary/aromatic N) is 4. The van der Waals surface area contributed by atoms with Crippen LogP contribution in [0.5, 0.6) is 5.75 Å². The number of piperidine rings is 1. The number of hydrogen-bond donors (Lipinski definition) is 3. The summed E-state index contributed by atoms with van der Waals surface area (Å²) in [5.74, 6) is 2.06. The lowest BCUT2D eigenvalue weighted by Crippen LogP contribution is -2.61. The van der Waals surface area contributed by atoms with Gasteiger partial charge >= 0.3 is 0 Å². The van der Waals surface area contributed by atoms with E-state index in [0.717, 1.165) is 28.7 Å². The van der Waals surface area contributed by atoms with Gasteiger partial charge in [-0.25, -0.2) is 4.98 Å². The van der Waals surface area contributed by atoms with Crippen molar-refractivity contribution in [3.05, 3.63) is 39.8 Å². The lowest BCUT2D eigenvalue weighted by Gasteiger charge is -2.50. The number of pyridine rings is 1. The van der Waals surface area contributed by atoms with Crippen LogP contribution in [0.25, 0.3) is 10.9 Å². The summed E-state index contributed by atoms with van der Waals surface area (Å²) in [4.78, 5) is 24.7. The monoisotopic (exact) mass is 552 g/mol. The van der Waals surface area contributed by atoms with Crippen LogP contribution in [-0.4, -0.2) is 63.2 Å². The first-order valence-corrected chi connectivity index (χ1v) is 14.1. The van der Waals surface area contributed by atoms with Crippen LogP contribution in [0, 0.1) is 5.92 Å². The molecule has 3 aliphatic heterocycles. The summed E-state index contributed by atoms with van der Waals surface area (Å²) >= 11 is 6.56. The van der Waals surface area contributed by atoms with Crippen molar-refractivity contribution in [3.63, 3.8) is 0 Å². The van der Waals surface area contributed by atoms with Crippen LogP contribution in [0.3, 0.4) is 0 Å². The Kier molecular flexibility index (Phi) is 5.91. The summed E-state index contributed by atoms with van der Waals surface area (Å²) in [6.45, 7) is 3.45. The van der Waals surface area contributed by atoms with Gasteiger partial charge in [-0.05, 0) is 56.7 Å². The molecule has 4 aliphatic rings. The van der Waals surface area contributed by atoms with E-state index in [9.17, 15) is 9.90 Å². The second kappa shape index (κ2) is 9.25. The zero-order valence-electron chi connectivity index (χ0n) is 22.1. The molecule has 7 rings (SSSR count). The van der Waals surface area contributed by atoms with Crippen LogP contribution >= 0.6 is 11.6 Å². The first kappa shape index (κ1) is 24.9. The van der Waals surface area contributed by atoms with Gasteiger partial charge < -0.3 is 34.7 Å². The fraction of sp³-hybridized carbons (Fsp3) is 0.536. The van der Waals surface area contributed by atoms with E-state index in [-0.39, 0.29) is 17.6 Å². The first-order chi connectivity index (χ1) is 18.8. The van der Waals surface area contributed by atoms with E-state index in [0.29, 0.717) is 67.2 Å². The smallest absolute Gasteiger partial charge is 0.295 e. The van der Waals surface area contributed by atoms with Crippen LogP contribution in [-0.2, 0) is 11.8 Å². The summed E-state index contributed by atoms with van der Waals surface area (Å²) in [6, 6.07) is 6.14. The molecule has 2 aromatic heterocycles. The maximum atomic E-state index is 13.1. The lowest BCUT2D eigenvalue weighted by molar-refractivity contribution is -0.0501. The van der Waals surface area contributed by atoms with Gasteiger partial charge in [0.2, 0.25) is 11.7 Å². The van der Waals surface area contributed by atoms with Gasteiger partial charge in [0.1, 0.15) is 5.02 Å². The third-order valence-electron chi connectivity index (χ3n) is 8.53. The predicted molar refractivity (Wildman–Crippen MR) is 150 cm³/mol. The number of hydrogen-bond acceptors (Lipinski definition) is 9. The average molecular weight is 553 g/mol. The maximum Gasteiger partial charge on any atom is 0.295 e. The summed E-state index contributed by atoms with van der Waals surface area (Å²) in [5.41, 5.74) is 1.49. The Labute approximate surface area is 231 Å².